The van der Waals surface area contributed by atoms with E-state index in [0.717, 1.165) is 11.8 Å². The standard InChI is InChI=1S/C26H22ClFN2O4S2/c1-3-14(2)22(25(32)33)30-24(31)21(36-26(30)35)12-17-10-16-11-18(8-9-20(16)29-23(17)27)34-13-15-6-4-5-7-19(15)28/h4-12,14,22H,3,13H2,1-2H3,(H,32,33)/b21-12-/t14-,22-/m0/s1. The summed E-state index contributed by atoms with van der Waals surface area (Å²) in [4.78, 5) is 30.9. The van der Waals surface area contributed by atoms with Gasteiger partial charge in [-0.05, 0) is 42.3 Å². The minimum absolute atomic E-state index is 0.0649. The van der Waals surface area contributed by atoms with Gasteiger partial charge in [-0.15, -0.1) is 0 Å². The van der Waals surface area contributed by atoms with E-state index in [4.69, 9.17) is 28.6 Å². The van der Waals surface area contributed by atoms with Crippen LogP contribution in [0.1, 0.15) is 31.4 Å². The van der Waals surface area contributed by atoms with Crippen LogP contribution in [0.4, 0.5) is 4.39 Å². The number of carboxylic acid groups (broad SMARTS) is 1. The molecule has 0 saturated carbocycles. The normalized spacial score (nSPS) is 16.6. The summed E-state index contributed by atoms with van der Waals surface area (Å²) in [5, 5.41) is 10.6. The van der Waals surface area contributed by atoms with Crippen molar-refractivity contribution < 1.29 is 23.8 Å². The van der Waals surface area contributed by atoms with Crippen LogP contribution in [0.15, 0.2) is 53.4 Å². The molecule has 0 spiro atoms. The lowest BCUT2D eigenvalue weighted by molar-refractivity contribution is -0.147. The van der Waals surface area contributed by atoms with Crippen LogP contribution in [0.25, 0.3) is 17.0 Å². The van der Waals surface area contributed by atoms with Crippen LogP contribution in [0.5, 0.6) is 5.75 Å². The summed E-state index contributed by atoms with van der Waals surface area (Å²) in [7, 11) is 0. The van der Waals surface area contributed by atoms with Crippen LogP contribution < -0.4 is 4.74 Å². The van der Waals surface area contributed by atoms with E-state index in [9.17, 15) is 19.1 Å². The molecule has 4 rings (SSSR count). The number of aliphatic carboxylic acids is 1. The Morgan fingerprint density at radius 2 is 2.06 bits per heavy atom. The molecule has 1 aromatic heterocycles. The number of aromatic nitrogens is 1. The Bertz CT molecular complexity index is 1400. The maximum atomic E-state index is 13.9. The largest absolute Gasteiger partial charge is 0.489 e. The molecule has 1 N–H and O–H groups in total. The number of hydrogen-bond acceptors (Lipinski definition) is 6. The van der Waals surface area contributed by atoms with E-state index in [-0.39, 0.29) is 32.7 Å². The second kappa shape index (κ2) is 10.9. The van der Waals surface area contributed by atoms with Gasteiger partial charge in [0.1, 0.15) is 33.7 Å². The first-order valence-electron chi connectivity index (χ1n) is 11.2. The van der Waals surface area contributed by atoms with Crippen molar-refractivity contribution >= 4 is 68.8 Å². The summed E-state index contributed by atoms with van der Waals surface area (Å²) in [6.07, 6.45) is 2.14. The molecule has 36 heavy (non-hydrogen) atoms. The fraction of sp³-hybridized carbons (Fsp3) is 0.231. The number of thioether (sulfide) groups is 1. The number of rotatable bonds is 8. The smallest absolute Gasteiger partial charge is 0.327 e. The fourth-order valence-corrected chi connectivity index (χ4v) is 5.33. The highest BCUT2D eigenvalue weighted by Gasteiger charge is 2.42. The SMILES string of the molecule is CC[C@H](C)[C@@H](C(=O)O)N1C(=O)/C(=C/c2cc3cc(OCc4ccccc4F)ccc3nc2Cl)SC1=S. The number of carboxylic acids is 1. The Labute approximate surface area is 222 Å². The second-order valence-corrected chi connectivity index (χ2v) is 10.4. The van der Waals surface area contributed by atoms with Gasteiger partial charge in [0.05, 0.1) is 10.4 Å². The molecule has 186 valence electrons. The molecule has 2 aromatic carbocycles. The van der Waals surface area contributed by atoms with Gasteiger partial charge in [-0.25, -0.2) is 14.2 Å². The van der Waals surface area contributed by atoms with E-state index in [1.807, 2.05) is 6.92 Å². The van der Waals surface area contributed by atoms with Gasteiger partial charge < -0.3 is 9.84 Å². The average molecular weight is 545 g/mol. The minimum atomic E-state index is -1.10. The number of amides is 1. The molecule has 1 fully saturated rings. The number of hydrogen-bond donors (Lipinski definition) is 1. The first-order chi connectivity index (χ1) is 17.2. The number of thiocarbonyl (C=S) groups is 1. The predicted molar refractivity (Wildman–Crippen MR) is 143 cm³/mol. The summed E-state index contributed by atoms with van der Waals surface area (Å²) in [6.45, 7) is 3.70. The monoisotopic (exact) mass is 544 g/mol. The van der Waals surface area contributed by atoms with Crippen LogP contribution in [0.2, 0.25) is 5.15 Å². The highest BCUT2D eigenvalue weighted by atomic mass is 35.5. The summed E-state index contributed by atoms with van der Waals surface area (Å²) < 4.78 is 19.8. The third-order valence-corrected chi connectivity index (χ3v) is 7.58. The third kappa shape index (κ3) is 5.38. The summed E-state index contributed by atoms with van der Waals surface area (Å²) in [5.41, 5.74) is 1.53. The zero-order valence-corrected chi connectivity index (χ0v) is 21.8. The van der Waals surface area contributed by atoms with E-state index in [1.165, 1.54) is 11.0 Å². The van der Waals surface area contributed by atoms with Crippen molar-refractivity contribution in [1.82, 2.24) is 9.88 Å². The van der Waals surface area contributed by atoms with Crippen molar-refractivity contribution in [2.45, 2.75) is 32.9 Å². The van der Waals surface area contributed by atoms with Crippen LogP contribution >= 0.6 is 35.6 Å². The Morgan fingerprint density at radius 3 is 2.75 bits per heavy atom. The van der Waals surface area contributed by atoms with Gasteiger partial charge in [-0.1, -0.05) is 74.0 Å². The van der Waals surface area contributed by atoms with Crippen LogP contribution in [-0.2, 0) is 16.2 Å². The topological polar surface area (TPSA) is 79.7 Å². The van der Waals surface area contributed by atoms with Crippen LogP contribution in [0, 0.1) is 11.7 Å². The van der Waals surface area contributed by atoms with Gasteiger partial charge in [0.15, 0.2) is 0 Å². The van der Waals surface area contributed by atoms with Crippen LogP contribution in [-0.4, -0.2) is 37.2 Å². The molecule has 0 unspecified atom stereocenters. The number of fused-ring (bicyclic) bond motifs is 1. The Kier molecular flexibility index (Phi) is 7.92. The molecule has 2 heterocycles. The van der Waals surface area contributed by atoms with Gasteiger partial charge in [-0.3, -0.25) is 9.69 Å². The molecule has 0 radical (unpaired) electrons. The highest BCUT2D eigenvalue weighted by molar-refractivity contribution is 8.26. The first-order valence-corrected chi connectivity index (χ1v) is 12.8. The van der Waals surface area contributed by atoms with Crippen molar-refractivity contribution in [2.24, 2.45) is 5.92 Å². The molecular formula is C26H22ClFN2O4S2. The molecule has 1 saturated heterocycles. The molecule has 1 aliphatic heterocycles. The number of ether oxygens (including phenoxy) is 1. The third-order valence-electron chi connectivity index (χ3n) is 5.94. The fourth-order valence-electron chi connectivity index (χ4n) is 3.81. The zero-order valence-electron chi connectivity index (χ0n) is 19.4. The van der Waals surface area contributed by atoms with Crippen molar-refractivity contribution in [3.63, 3.8) is 0 Å². The molecule has 10 heteroatoms. The van der Waals surface area contributed by atoms with E-state index in [2.05, 4.69) is 4.98 Å². The Balaban J connectivity index is 1.62. The van der Waals surface area contributed by atoms with E-state index in [1.54, 1.807) is 55.5 Å². The van der Waals surface area contributed by atoms with Gasteiger partial charge in [-0.2, -0.15) is 0 Å². The van der Waals surface area contributed by atoms with E-state index < -0.39 is 17.9 Å². The maximum absolute atomic E-state index is 13.9. The van der Waals surface area contributed by atoms with Crippen molar-refractivity contribution in [2.75, 3.05) is 0 Å². The molecule has 6 nitrogen and oxygen atoms in total. The van der Waals surface area contributed by atoms with Gasteiger partial charge in [0.2, 0.25) is 0 Å². The van der Waals surface area contributed by atoms with Gasteiger partial charge in [0, 0.05) is 16.5 Å². The first kappa shape index (κ1) is 26.1. The molecule has 0 aliphatic carbocycles. The quantitative estimate of drug-likeness (QED) is 0.202. The summed E-state index contributed by atoms with van der Waals surface area (Å²) in [6, 6.07) is 12.3. The number of halogens is 2. The minimum Gasteiger partial charge on any atom is -0.489 e. The number of pyridine rings is 1. The molecule has 1 amide bonds. The van der Waals surface area contributed by atoms with Gasteiger partial charge in [0.25, 0.3) is 5.91 Å². The van der Waals surface area contributed by atoms with Crippen LogP contribution in [0.3, 0.4) is 0 Å². The lowest BCUT2D eigenvalue weighted by Gasteiger charge is -2.27. The van der Waals surface area contributed by atoms with E-state index in [0.29, 0.717) is 34.2 Å². The summed E-state index contributed by atoms with van der Waals surface area (Å²) >= 11 is 12.8. The highest BCUT2D eigenvalue weighted by Crippen LogP contribution is 2.37. The zero-order chi connectivity index (χ0) is 26.0. The Hall–Kier alpha value is -3.01. The van der Waals surface area contributed by atoms with Crippen molar-refractivity contribution in [3.8, 4) is 5.75 Å². The average Bonchev–Trinajstić information content (AvgIpc) is 3.11. The molecule has 0 bridgehead atoms. The Morgan fingerprint density at radius 1 is 1.31 bits per heavy atom. The molecule has 3 aromatic rings. The van der Waals surface area contributed by atoms with Gasteiger partial charge >= 0.3 is 5.97 Å². The van der Waals surface area contributed by atoms with Crippen molar-refractivity contribution in [3.05, 3.63) is 75.5 Å². The number of carbonyl (C=O) groups is 2. The predicted octanol–water partition coefficient (Wildman–Crippen LogP) is 6.31. The number of nitrogens with zero attached hydrogens (tertiary/aromatic N) is 2. The molecular weight excluding hydrogens is 523 g/mol. The molecule has 2 atom stereocenters. The lowest BCUT2D eigenvalue weighted by Crippen LogP contribution is -2.47. The second-order valence-electron chi connectivity index (χ2n) is 8.32. The maximum Gasteiger partial charge on any atom is 0.327 e. The van der Waals surface area contributed by atoms with E-state index >= 15 is 0 Å². The summed E-state index contributed by atoms with van der Waals surface area (Å²) in [5.74, 6) is -1.68. The number of benzene rings is 2. The lowest BCUT2D eigenvalue weighted by atomic mass is 9.98. The van der Waals surface area contributed by atoms with Crippen molar-refractivity contribution in [1.29, 1.82) is 0 Å². The number of carbonyl (C=O) groups excluding carboxylic acids is 1. The molecule has 1 aliphatic rings.